The van der Waals surface area contributed by atoms with Crippen LogP contribution in [0.2, 0.25) is 0 Å². The summed E-state index contributed by atoms with van der Waals surface area (Å²) in [5.74, 6) is -0.699. The summed E-state index contributed by atoms with van der Waals surface area (Å²) in [5, 5.41) is 6.60. The van der Waals surface area contributed by atoms with E-state index in [4.69, 9.17) is 0 Å². The zero-order chi connectivity index (χ0) is 20.5. The fourth-order valence-corrected chi connectivity index (χ4v) is 3.90. The van der Waals surface area contributed by atoms with Gasteiger partial charge in [-0.25, -0.2) is 4.68 Å². The van der Waals surface area contributed by atoms with Crippen molar-refractivity contribution in [2.45, 2.75) is 19.6 Å². The molecule has 2 aromatic heterocycles. The number of nitrogens with one attached hydrogen (secondary N) is 1. The monoisotopic (exact) mass is 471 g/mol. The second kappa shape index (κ2) is 7.88. The van der Waals surface area contributed by atoms with Crippen LogP contribution in [0, 0.1) is 6.92 Å². The predicted molar refractivity (Wildman–Crippen MR) is 103 cm³/mol. The Morgan fingerprint density at radius 1 is 1.25 bits per heavy atom. The number of carbonyl (C=O) groups is 1. The molecule has 2 heterocycles. The number of hydrogen-bond acceptors (Lipinski definition) is 4. The quantitative estimate of drug-likeness (QED) is 0.616. The van der Waals surface area contributed by atoms with Crippen molar-refractivity contribution in [1.82, 2.24) is 15.1 Å². The second-order valence-corrected chi connectivity index (χ2v) is 8.39. The number of alkyl halides is 3. The summed E-state index contributed by atoms with van der Waals surface area (Å²) in [6, 6.07) is 9.33. The fraction of sp³-hybridized carbons (Fsp3) is 0.167. The van der Waals surface area contributed by atoms with Gasteiger partial charge in [-0.05, 0) is 53.2 Å². The number of carbonyl (C=O) groups excluding carboxylic acids is 1. The van der Waals surface area contributed by atoms with E-state index in [9.17, 15) is 22.8 Å². The molecule has 0 aliphatic carbocycles. The first kappa shape index (κ1) is 20.3. The van der Waals surface area contributed by atoms with Gasteiger partial charge in [-0.2, -0.15) is 18.3 Å². The number of halogens is 4. The Balaban J connectivity index is 1.92. The molecule has 0 radical (unpaired) electrons. The zero-order valence-electron chi connectivity index (χ0n) is 14.4. The fourth-order valence-electron chi connectivity index (χ4n) is 2.48. The highest BCUT2D eigenvalue weighted by atomic mass is 79.9. The largest absolute Gasteiger partial charge is 0.416 e. The van der Waals surface area contributed by atoms with Crippen LogP contribution in [0.5, 0.6) is 0 Å². The Kier molecular flexibility index (Phi) is 5.71. The molecule has 0 aliphatic rings. The Morgan fingerprint density at radius 3 is 2.64 bits per heavy atom. The lowest BCUT2D eigenvalue weighted by Crippen LogP contribution is -2.31. The van der Waals surface area contributed by atoms with Gasteiger partial charge in [0.25, 0.3) is 5.91 Å². The summed E-state index contributed by atoms with van der Waals surface area (Å²) in [5.41, 5.74) is -1.44. The average molecular weight is 472 g/mol. The first-order chi connectivity index (χ1) is 13.1. The molecule has 0 bridgehead atoms. The third-order valence-electron chi connectivity index (χ3n) is 3.79. The molecule has 1 N–H and O–H groups in total. The van der Waals surface area contributed by atoms with Crippen LogP contribution in [-0.4, -0.2) is 15.7 Å². The van der Waals surface area contributed by atoms with Gasteiger partial charge in [0.2, 0.25) is 5.43 Å². The molecule has 0 aliphatic heterocycles. The number of nitrogens with zero attached hydrogens (tertiary/aromatic N) is 2. The first-order valence-corrected chi connectivity index (χ1v) is 9.57. The lowest BCUT2D eigenvalue weighted by Gasteiger charge is -2.13. The summed E-state index contributed by atoms with van der Waals surface area (Å²) >= 11 is 4.75. The van der Waals surface area contributed by atoms with E-state index in [2.05, 4.69) is 26.3 Å². The molecule has 0 fully saturated rings. The summed E-state index contributed by atoms with van der Waals surface area (Å²) < 4.78 is 41.0. The van der Waals surface area contributed by atoms with Crippen molar-refractivity contribution in [3.63, 3.8) is 0 Å². The molecule has 3 aromatic rings. The molecule has 1 aromatic carbocycles. The first-order valence-electron chi connectivity index (χ1n) is 7.96. The molecule has 146 valence electrons. The highest BCUT2D eigenvalue weighted by molar-refractivity contribution is 9.11. The third-order valence-corrected chi connectivity index (χ3v) is 5.42. The molecule has 0 spiro atoms. The molecule has 1 amide bonds. The predicted octanol–water partition coefficient (Wildman–Crippen LogP) is 4.31. The van der Waals surface area contributed by atoms with Crippen LogP contribution < -0.4 is 10.7 Å². The van der Waals surface area contributed by atoms with Crippen molar-refractivity contribution in [3.05, 3.63) is 78.3 Å². The van der Waals surface area contributed by atoms with Gasteiger partial charge in [0.1, 0.15) is 0 Å². The number of amides is 1. The lowest BCUT2D eigenvalue weighted by molar-refractivity contribution is -0.137. The minimum atomic E-state index is -4.52. The van der Waals surface area contributed by atoms with E-state index < -0.39 is 28.8 Å². The highest BCUT2D eigenvalue weighted by Gasteiger charge is 2.30. The number of aryl methyl sites for hydroxylation is 1. The molecule has 5 nitrogen and oxygen atoms in total. The van der Waals surface area contributed by atoms with Crippen LogP contribution in [0.15, 0.2) is 51.0 Å². The molecule has 10 heteroatoms. The van der Waals surface area contributed by atoms with Crippen molar-refractivity contribution >= 4 is 33.2 Å². The number of hydrogen-bond donors (Lipinski definition) is 1. The Morgan fingerprint density at radius 2 is 2.00 bits per heavy atom. The van der Waals surface area contributed by atoms with E-state index in [0.717, 1.165) is 25.5 Å². The molecule has 0 saturated carbocycles. The molecule has 0 unspecified atom stereocenters. The Hall–Kier alpha value is -2.46. The van der Waals surface area contributed by atoms with E-state index >= 15 is 0 Å². The van der Waals surface area contributed by atoms with E-state index in [-0.39, 0.29) is 12.2 Å². The van der Waals surface area contributed by atoms with Crippen molar-refractivity contribution in [2.24, 2.45) is 0 Å². The third kappa shape index (κ3) is 4.50. The Labute approximate surface area is 170 Å². The average Bonchev–Trinajstić information content (AvgIpc) is 3.04. The highest BCUT2D eigenvalue weighted by Crippen LogP contribution is 2.30. The second-order valence-electron chi connectivity index (χ2n) is 5.85. The van der Waals surface area contributed by atoms with Gasteiger partial charge < -0.3 is 5.32 Å². The van der Waals surface area contributed by atoms with Gasteiger partial charge in [0.05, 0.1) is 21.6 Å². The summed E-state index contributed by atoms with van der Waals surface area (Å²) in [7, 11) is 0. The maximum atomic E-state index is 13.0. The van der Waals surface area contributed by atoms with Gasteiger partial charge >= 0.3 is 6.18 Å². The molecule has 0 saturated heterocycles. The SMILES string of the molecule is Cc1cc(=O)c(C(=O)NCc2ccc(Br)s2)nn1-c1cccc(C(F)(F)F)c1. The van der Waals surface area contributed by atoms with Crippen LogP contribution in [0.4, 0.5) is 13.2 Å². The number of thiophene rings is 1. The van der Waals surface area contributed by atoms with E-state index in [1.165, 1.54) is 36.5 Å². The van der Waals surface area contributed by atoms with E-state index in [1.54, 1.807) is 0 Å². The van der Waals surface area contributed by atoms with Gasteiger partial charge in [-0.1, -0.05) is 6.07 Å². The number of aromatic nitrogens is 2. The number of benzene rings is 1. The minimum absolute atomic E-state index is 0.101. The standard InChI is InChI=1S/C18H13BrF3N3O2S/c1-10-7-14(26)16(17(27)23-9-13-5-6-15(19)28-13)24-25(10)12-4-2-3-11(8-12)18(20,21)22/h2-8H,9H2,1H3,(H,23,27). The van der Waals surface area contributed by atoms with Crippen LogP contribution in [0.1, 0.15) is 26.6 Å². The van der Waals surface area contributed by atoms with Gasteiger partial charge in [0.15, 0.2) is 5.69 Å². The van der Waals surface area contributed by atoms with E-state index in [0.29, 0.717) is 5.69 Å². The Bertz CT molecular complexity index is 1090. The van der Waals surface area contributed by atoms with Crippen LogP contribution in [0.25, 0.3) is 5.69 Å². The maximum absolute atomic E-state index is 13.0. The summed E-state index contributed by atoms with van der Waals surface area (Å²) in [6.45, 7) is 1.73. The summed E-state index contributed by atoms with van der Waals surface area (Å²) in [6.07, 6.45) is -4.52. The van der Waals surface area contributed by atoms with Crippen LogP contribution >= 0.6 is 27.3 Å². The molecule has 3 rings (SSSR count). The van der Waals surface area contributed by atoms with Crippen molar-refractivity contribution in [1.29, 1.82) is 0 Å². The van der Waals surface area contributed by atoms with Gasteiger partial charge in [-0.3, -0.25) is 9.59 Å². The molecular formula is C18H13BrF3N3O2S. The van der Waals surface area contributed by atoms with Crippen molar-refractivity contribution in [2.75, 3.05) is 0 Å². The zero-order valence-corrected chi connectivity index (χ0v) is 16.8. The van der Waals surface area contributed by atoms with Crippen molar-refractivity contribution < 1.29 is 18.0 Å². The van der Waals surface area contributed by atoms with Crippen molar-refractivity contribution in [3.8, 4) is 5.69 Å². The van der Waals surface area contributed by atoms with Gasteiger partial charge in [0, 0.05) is 16.6 Å². The molecule has 0 atom stereocenters. The summed E-state index contributed by atoms with van der Waals surface area (Å²) in [4.78, 5) is 25.4. The molecular weight excluding hydrogens is 459 g/mol. The number of rotatable bonds is 4. The smallest absolute Gasteiger partial charge is 0.346 e. The maximum Gasteiger partial charge on any atom is 0.416 e. The normalized spacial score (nSPS) is 11.5. The van der Waals surface area contributed by atoms with E-state index in [1.807, 2.05) is 12.1 Å². The van der Waals surface area contributed by atoms with Gasteiger partial charge in [-0.15, -0.1) is 11.3 Å². The van der Waals surface area contributed by atoms with Crippen LogP contribution in [0.3, 0.4) is 0 Å². The molecule has 28 heavy (non-hydrogen) atoms. The van der Waals surface area contributed by atoms with Crippen LogP contribution in [-0.2, 0) is 12.7 Å². The minimum Gasteiger partial charge on any atom is -0.346 e. The topological polar surface area (TPSA) is 64.0 Å². The lowest BCUT2D eigenvalue weighted by atomic mass is 10.2.